The van der Waals surface area contributed by atoms with Crippen molar-refractivity contribution in [2.24, 2.45) is 0 Å². The summed E-state index contributed by atoms with van der Waals surface area (Å²) in [6, 6.07) is 0. The molecular formula is C8H12O. The van der Waals surface area contributed by atoms with Crippen molar-refractivity contribution in [3.8, 4) is 0 Å². The summed E-state index contributed by atoms with van der Waals surface area (Å²) in [5, 5.41) is 8.45. The number of aliphatic hydroxyl groups is 1. The number of aliphatic hydroxyl groups excluding tert-OH is 1. The van der Waals surface area contributed by atoms with Gasteiger partial charge in [-0.15, -0.1) is 0 Å². The van der Waals surface area contributed by atoms with E-state index in [2.05, 4.69) is 13.2 Å². The van der Waals surface area contributed by atoms with Crippen molar-refractivity contribution in [1.82, 2.24) is 0 Å². The summed E-state index contributed by atoms with van der Waals surface area (Å²) in [5.41, 5.74) is 1.84. The van der Waals surface area contributed by atoms with Crippen LogP contribution in [0.1, 0.15) is 6.92 Å². The Balaban J connectivity index is 4.14. The first-order valence-corrected chi connectivity index (χ1v) is 2.81. The predicted octanol–water partition coefficient (Wildman–Crippen LogP) is 1.67. The third-order valence-corrected chi connectivity index (χ3v) is 1.02. The second-order valence-corrected chi connectivity index (χ2v) is 1.83. The van der Waals surface area contributed by atoms with Crippen LogP contribution < -0.4 is 0 Å². The Bertz CT molecular complexity index is 143. The fraction of sp³-hybridized carbons (Fsp3) is 0.250. The molecule has 0 aliphatic heterocycles. The maximum atomic E-state index is 8.45. The van der Waals surface area contributed by atoms with Gasteiger partial charge in [-0.2, -0.15) is 0 Å². The third kappa shape index (κ3) is 2.88. The van der Waals surface area contributed by atoms with Gasteiger partial charge in [0, 0.05) is 0 Å². The molecule has 1 N–H and O–H groups in total. The molecule has 0 heterocycles. The minimum atomic E-state index is 0.0498. The summed E-state index contributed by atoms with van der Waals surface area (Å²) >= 11 is 0. The van der Waals surface area contributed by atoms with Gasteiger partial charge in [-0.05, 0) is 12.5 Å². The van der Waals surface area contributed by atoms with Gasteiger partial charge >= 0.3 is 0 Å². The molecule has 0 atom stereocenters. The van der Waals surface area contributed by atoms with Crippen LogP contribution in [0.25, 0.3) is 0 Å². The molecular weight excluding hydrogens is 112 g/mol. The van der Waals surface area contributed by atoms with Gasteiger partial charge in [0.15, 0.2) is 0 Å². The second kappa shape index (κ2) is 4.10. The second-order valence-electron chi connectivity index (χ2n) is 1.83. The van der Waals surface area contributed by atoms with Crippen LogP contribution in [0.5, 0.6) is 0 Å². The van der Waals surface area contributed by atoms with Crippen LogP contribution in [-0.4, -0.2) is 11.7 Å². The van der Waals surface area contributed by atoms with Gasteiger partial charge < -0.3 is 5.11 Å². The van der Waals surface area contributed by atoms with Crippen molar-refractivity contribution < 1.29 is 5.11 Å². The van der Waals surface area contributed by atoms with Gasteiger partial charge in [-0.25, -0.2) is 0 Å². The molecule has 50 valence electrons. The molecule has 0 unspecified atom stereocenters. The first-order chi connectivity index (χ1) is 4.22. The van der Waals surface area contributed by atoms with E-state index in [-0.39, 0.29) is 6.61 Å². The predicted molar refractivity (Wildman–Crippen MR) is 40.2 cm³/mol. The highest BCUT2D eigenvalue weighted by Gasteiger charge is 1.87. The lowest BCUT2D eigenvalue weighted by Crippen LogP contribution is -1.81. The minimum Gasteiger partial charge on any atom is -0.392 e. The average molecular weight is 124 g/mol. The zero-order valence-corrected chi connectivity index (χ0v) is 5.72. The highest BCUT2D eigenvalue weighted by Crippen LogP contribution is 2.05. The molecule has 0 fully saturated rings. The quantitative estimate of drug-likeness (QED) is 0.567. The minimum absolute atomic E-state index is 0.0498. The van der Waals surface area contributed by atoms with Crippen LogP contribution in [0.15, 0.2) is 36.5 Å². The molecule has 0 bridgehead atoms. The van der Waals surface area contributed by atoms with Crippen LogP contribution in [-0.2, 0) is 0 Å². The standard InChI is InChI=1S/C8H12O/c1-4-8(5-6-9)7(2)3/h4-5,9H,1-2,6H2,3H3/b8-5+. The zero-order chi connectivity index (χ0) is 7.28. The Morgan fingerprint density at radius 1 is 1.67 bits per heavy atom. The lowest BCUT2D eigenvalue weighted by atomic mass is 10.1. The summed E-state index contributed by atoms with van der Waals surface area (Å²) in [6.07, 6.45) is 3.36. The SMILES string of the molecule is C=C/C(=C\CO)C(=C)C. The number of rotatable bonds is 3. The molecule has 0 rings (SSSR count). The molecule has 0 aliphatic carbocycles. The highest BCUT2D eigenvalue weighted by molar-refractivity contribution is 5.35. The van der Waals surface area contributed by atoms with Crippen LogP contribution in [0.2, 0.25) is 0 Å². The van der Waals surface area contributed by atoms with Crippen molar-refractivity contribution in [1.29, 1.82) is 0 Å². The van der Waals surface area contributed by atoms with Crippen molar-refractivity contribution in [2.75, 3.05) is 6.61 Å². The molecule has 1 heteroatoms. The Labute approximate surface area is 56.0 Å². The van der Waals surface area contributed by atoms with Gasteiger partial charge in [0.25, 0.3) is 0 Å². The molecule has 9 heavy (non-hydrogen) atoms. The molecule has 0 aromatic heterocycles. The average Bonchev–Trinajstić information content (AvgIpc) is 1.82. The molecule has 0 aromatic rings. The lowest BCUT2D eigenvalue weighted by molar-refractivity contribution is 0.342. The van der Waals surface area contributed by atoms with E-state index in [1.54, 1.807) is 12.2 Å². The van der Waals surface area contributed by atoms with Crippen molar-refractivity contribution in [3.05, 3.63) is 36.5 Å². The lowest BCUT2D eigenvalue weighted by Gasteiger charge is -1.96. The van der Waals surface area contributed by atoms with E-state index in [1.807, 2.05) is 6.92 Å². The van der Waals surface area contributed by atoms with Gasteiger partial charge in [-0.1, -0.05) is 30.9 Å². The summed E-state index contributed by atoms with van der Waals surface area (Å²) < 4.78 is 0. The topological polar surface area (TPSA) is 20.2 Å². The molecule has 0 saturated carbocycles. The zero-order valence-electron chi connectivity index (χ0n) is 5.72. The maximum absolute atomic E-state index is 8.45. The van der Waals surface area contributed by atoms with Gasteiger partial charge in [0.05, 0.1) is 6.61 Å². The first-order valence-electron chi connectivity index (χ1n) is 2.81. The molecule has 0 saturated heterocycles. The monoisotopic (exact) mass is 124 g/mol. The van der Waals surface area contributed by atoms with E-state index in [4.69, 9.17) is 5.11 Å². The van der Waals surface area contributed by atoms with Crippen molar-refractivity contribution in [3.63, 3.8) is 0 Å². The van der Waals surface area contributed by atoms with Crippen LogP contribution >= 0.6 is 0 Å². The van der Waals surface area contributed by atoms with Crippen LogP contribution in [0.3, 0.4) is 0 Å². The fourth-order valence-electron chi connectivity index (χ4n) is 0.530. The van der Waals surface area contributed by atoms with E-state index in [1.165, 1.54) is 0 Å². The summed E-state index contributed by atoms with van der Waals surface area (Å²) in [6.45, 7) is 9.18. The molecule has 0 amide bonds. The van der Waals surface area contributed by atoms with Crippen LogP contribution in [0, 0.1) is 0 Å². The molecule has 0 radical (unpaired) electrons. The summed E-state index contributed by atoms with van der Waals surface area (Å²) in [7, 11) is 0. The van der Waals surface area contributed by atoms with Gasteiger partial charge in [0.2, 0.25) is 0 Å². The normalized spacial score (nSPS) is 11.1. The Morgan fingerprint density at radius 3 is 2.33 bits per heavy atom. The summed E-state index contributed by atoms with van der Waals surface area (Å²) in [5.74, 6) is 0. The molecule has 1 nitrogen and oxygen atoms in total. The van der Waals surface area contributed by atoms with E-state index in [0.717, 1.165) is 11.1 Å². The Morgan fingerprint density at radius 2 is 2.22 bits per heavy atom. The summed E-state index contributed by atoms with van der Waals surface area (Å²) in [4.78, 5) is 0. The van der Waals surface area contributed by atoms with E-state index < -0.39 is 0 Å². The number of allylic oxidation sites excluding steroid dienone is 3. The molecule has 0 aliphatic rings. The van der Waals surface area contributed by atoms with Crippen molar-refractivity contribution in [2.45, 2.75) is 6.92 Å². The molecule has 0 aromatic carbocycles. The van der Waals surface area contributed by atoms with E-state index in [0.29, 0.717) is 0 Å². The fourth-order valence-corrected chi connectivity index (χ4v) is 0.530. The van der Waals surface area contributed by atoms with Gasteiger partial charge in [0.1, 0.15) is 0 Å². The Hall–Kier alpha value is -0.820. The Kier molecular flexibility index (Phi) is 3.72. The highest BCUT2D eigenvalue weighted by atomic mass is 16.2. The first kappa shape index (κ1) is 8.18. The van der Waals surface area contributed by atoms with E-state index in [9.17, 15) is 0 Å². The van der Waals surface area contributed by atoms with Gasteiger partial charge in [-0.3, -0.25) is 0 Å². The largest absolute Gasteiger partial charge is 0.392 e. The van der Waals surface area contributed by atoms with E-state index >= 15 is 0 Å². The molecule has 0 spiro atoms. The third-order valence-electron chi connectivity index (χ3n) is 1.02. The van der Waals surface area contributed by atoms with Crippen LogP contribution in [0.4, 0.5) is 0 Å². The smallest absolute Gasteiger partial charge is 0.0621 e. The number of hydrogen-bond acceptors (Lipinski definition) is 1. The number of hydrogen-bond donors (Lipinski definition) is 1. The van der Waals surface area contributed by atoms with Crippen molar-refractivity contribution >= 4 is 0 Å². The maximum Gasteiger partial charge on any atom is 0.0621 e.